The number of fused-ring (bicyclic) bond motifs is 1. The molecular formula is C20H31N3. The van der Waals surface area contributed by atoms with Gasteiger partial charge in [-0.15, -0.1) is 0 Å². The second kappa shape index (κ2) is 9.88. The number of amidine groups is 1. The summed E-state index contributed by atoms with van der Waals surface area (Å²) in [6, 6.07) is 0.0275. The van der Waals surface area contributed by atoms with Gasteiger partial charge in [-0.1, -0.05) is 64.0 Å². The van der Waals surface area contributed by atoms with Crippen molar-refractivity contribution < 1.29 is 0 Å². The van der Waals surface area contributed by atoms with Gasteiger partial charge in [-0.2, -0.15) is 0 Å². The van der Waals surface area contributed by atoms with Gasteiger partial charge in [0.15, 0.2) is 0 Å². The smallest absolute Gasteiger partial charge is 0.126 e. The summed E-state index contributed by atoms with van der Waals surface area (Å²) >= 11 is 0. The molecule has 0 saturated carbocycles. The van der Waals surface area contributed by atoms with Crippen LogP contribution in [0, 0.1) is 5.92 Å². The van der Waals surface area contributed by atoms with Crippen molar-refractivity contribution in [2.24, 2.45) is 16.6 Å². The molecule has 0 amide bonds. The van der Waals surface area contributed by atoms with Crippen LogP contribution in [-0.4, -0.2) is 11.9 Å². The van der Waals surface area contributed by atoms with Gasteiger partial charge in [0.1, 0.15) is 11.9 Å². The average Bonchev–Trinajstić information content (AvgIpc) is 2.59. The minimum absolute atomic E-state index is 0.0275. The Labute approximate surface area is 141 Å². The van der Waals surface area contributed by atoms with E-state index in [1.165, 1.54) is 17.6 Å². The summed E-state index contributed by atoms with van der Waals surface area (Å²) in [5.74, 6) is 0.909. The van der Waals surface area contributed by atoms with E-state index < -0.39 is 0 Å². The van der Waals surface area contributed by atoms with Gasteiger partial charge in [-0.3, -0.25) is 0 Å². The van der Waals surface area contributed by atoms with Crippen LogP contribution in [0.1, 0.15) is 47.5 Å². The largest absolute Gasteiger partial charge is 0.385 e. The standard InChI is InChI=1S/C18H25N3.C2H6/c1-4-5-6-7-9-13(2)14(3)16-12-15-10-8-11-20-17(15)18(19)21-16;1-2/h6-12,14,17,20H,4-5H2,1-3H3,(H2,19,21);1-2H3/b7-6-,13-9-;. The molecule has 0 radical (unpaired) electrons. The molecule has 2 aliphatic rings. The highest BCUT2D eigenvalue weighted by molar-refractivity contribution is 5.92. The molecule has 0 fully saturated rings. The van der Waals surface area contributed by atoms with Gasteiger partial charge < -0.3 is 11.1 Å². The monoisotopic (exact) mass is 313 g/mol. The van der Waals surface area contributed by atoms with Gasteiger partial charge in [0, 0.05) is 11.6 Å². The van der Waals surface area contributed by atoms with E-state index in [0.29, 0.717) is 5.84 Å². The fourth-order valence-electron chi connectivity index (χ4n) is 2.39. The van der Waals surface area contributed by atoms with Crippen molar-refractivity contribution in [3.63, 3.8) is 0 Å². The van der Waals surface area contributed by atoms with E-state index in [9.17, 15) is 0 Å². The summed E-state index contributed by atoms with van der Waals surface area (Å²) in [5, 5.41) is 3.23. The fourth-order valence-corrected chi connectivity index (χ4v) is 2.39. The predicted molar refractivity (Wildman–Crippen MR) is 102 cm³/mol. The third kappa shape index (κ3) is 5.27. The first kappa shape index (κ1) is 19.0. The number of unbranched alkanes of at least 4 members (excludes halogenated alkanes) is 1. The average molecular weight is 313 g/mol. The molecule has 2 aliphatic heterocycles. The number of hydrogen-bond donors (Lipinski definition) is 2. The van der Waals surface area contributed by atoms with Crippen LogP contribution in [0.15, 0.2) is 64.5 Å². The zero-order chi connectivity index (χ0) is 17.2. The van der Waals surface area contributed by atoms with E-state index >= 15 is 0 Å². The Morgan fingerprint density at radius 3 is 2.87 bits per heavy atom. The minimum atomic E-state index is 0.0275. The van der Waals surface area contributed by atoms with Gasteiger partial charge in [0.25, 0.3) is 0 Å². The number of nitrogens with zero attached hydrogens (tertiary/aromatic N) is 1. The van der Waals surface area contributed by atoms with E-state index in [1.807, 2.05) is 26.1 Å². The number of aliphatic imine (C=N–C) groups is 1. The van der Waals surface area contributed by atoms with Crippen molar-refractivity contribution in [3.05, 3.63) is 59.5 Å². The van der Waals surface area contributed by atoms with E-state index in [4.69, 9.17) is 5.73 Å². The Kier molecular flexibility index (Phi) is 8.17. The first-order valence-electron chi connectivity index (χ1n) is 8.65. The van der Waals surface area contributed by atoms with Crippen molar-refractivity contribution in [3.8, 4) is 0 Å². The lowest BCUT2D eigenvalue weighted by molar-refractivity contribution is 0.749. The Morgan fingerprint density at radius 2 is 2.17 bits per heavy atom. The molecule has 3 N–H and O–H groups in total. The topological polar surface area (TPSA) is 50.4 Å². The molecule has 3 nitrogen and oxygen atoms in total. The molecular weight excluding hydrogens is 282 g/mol. The Bertz CT molecular complexity index is 559. The molecule has 2 heterocycles. The van der Waals surface area contributed by atoms with Gasteiger partial charge in [0.2, 0.25) is 0 Å². The van der Waals surface area contributed by atoms with Crippen LogP contribution in [0.25, 0.3) is 0 Å². The summed E-state index contributed by atoms with van der Waals surface area (Å²) in [5.41, 5.74) is 9.60. The van der Waals surface area contributed by atoms with Crippen molar-refractivity contribution in [2.45, 2.75) is 53.5 Å². The van der Waals surface area contributed by atoms with Crippen molar-refractivity contribution in [1.29, 1.82) is 0 Å². The molecule has 0 aliphatic carbocycles. The number of dihydropyridines is 1. The van der Waals surface area contributed by atoms with E-state index in [0.717, 1.165) is 12.1 Å². The zero-order valence-corrected chi connectivity index (χ0v) is 15.1. The van der Waals surface area contributed by atoms with Crippen LogP contribution in [0.2, 0.25) is 0 Å². The lowest BCUT2D eigenvalue weighted by Gasteiger charge is -2.27. The molecule has 0 aromatic heterocycles. The van der Waals surface area contributed by atoms with E-state index in [1.54, 1.807) is 0 Å². The second-order valence-corrected chi connectivity index (χ2v) is 5.58. The van der Waals surface area contributed by atoms with E-state index in [2.05, 4.69) is 61.5 Å². The Balaban J connectivity index is 0.00000127. The maximum atomic E-state index is 6.10. The van der Waals surface area contributed by atoms with Crippen LogP contribution in [0.4, 0.5) is 0 Å². The lowest BCUT2D eigenvalue weighted by atomic mass is 9.92. The highest BCUT2D eigenvalue weighted by Gasteiger charge is 2.24. The van der Waals surface area contributed by atoms with Gasteiger partial charge in [-0.25, -0.2) is 4.99 Å². The normalized spacial score (nSPS) is 21.3. The summed E-state index contributed by atoms with van der Waals surface area (Å²) in [6.07, 6.45) is 17.0. The maximum Gasteiger partial charge on any atom is 0.126 e. The Hall–Kier alpha value is -2.03. The summed E-state index contributed by atoms with van der Waals surface area (Å²) in [4.78, 5) is 4.59. The molecule has 0 bridgehead atoms. The molecule has 2 rings (SSSR count). The Morgan fingerprint density at radius 1 is 1.43 bits per heavy atom. The molecule has 2 unspecified atom stereocenters. The number of rotatable bonds is 5. The molecule has 126 valence electrons. The quantitative estimate of drug-likeness (QED) is 0.728. The minimum Gasteiger partial charge on any atom is -0.385 e. The number of allylic oxidation sites excluding steroid dienone is 6. The van der Waals surface area contributed by atoms with Crippen LogP contribution >= 0.6 is 0 Å². The van der Waals surface area contributed by atoms with Crippen LogP contribution < -0.4 is 11.1 Å². The van der Waals surface area contributed by atoms with Crippen LogP contribution in [0.3, 0.4) is 0 Å². The van der Waals surface area contributed by atoms with Crippen LogP contribution in [-0.2, 0) is 0 Å². The second-order valence-electron chi connectivity index (χ2n) is 5.58. The zero-order valence-electron chi connectivity index (χ0n) is 15.1. The molecule has 2 atom stereocenters. The first-order valence-corrected chi connectivity index (χ1v) is 8.65. The summed E-state index contributed by atoms with van der Waals surface area (Å²) in [6.45, 7) is 10.5. The number of nitrogens with two attached hydrogens (primary N) is 1. The third-order valence-corrected chi connectivity index (χ3v) is 3.93. The SMILES string of the molecule is CC.CCC/C=C\C=C(\C)C(C)C1=CC2=CC=CNC2C(N)=N1. The lowest BCUT2D eigenvalue weighted by Crippen LogP contribution is -2.42. The molecule has 0 spiro atoms. The van der Waals surface area contributed by atoms with E-state index in [-0.39, 0.29) is 12.0 Å². The first-order chi connectivity index (χ1) is 11.1. The predicted octanol–water partition coefficient (Wildman–Crippen LogP) is 4.62. The number of hydrogen-bond acceptors (Lipinski definition) is 3. The highest BCUT2D eigenvalue weighted by atomic mass is 15.0. The molecule has 0 saturated heterocycles. The van der Waals surface area contributed by atoms with Crippen molar-refractivity contribution >= 4 is 5.84 Å². The summed E-state index contributed by atoms with van der Waals surface area (Å²) < 4.78 is 0. The number of nitrogens with one attached hydrogen (secondary N) is 1. The van der Waals surface area contributed by atoms with Gasteiger partial charge in [-0.05, 0) is 37.3 Å². The van der Waals surface area contributed by atoms with Gasteiger partial charge >= 0.3 is 0 Å². The molecule has 3 heteroatoms. The fraction of sp³-hybridized carbons (Fsp3) is 0.450. The summed E-state index contributed by atoms with van der Waals surface area (Å²) in [7, 11) is 0. The van der Waals surface area contributed by atoms with Crippen LogP contribution in [0.5, 0.6) is 0 Å². The van der Waals surface area contributed by atoms with Crippen molar-refractivity contribution in [2.75, 3.05) is 0 Å². The third-order valence-electron chi connectivity index (χ3n) is 3.93. The maximum absolute atomic E-state index is 6.10. The molecule has 0 aromatic carbocycles. The molecule has 0 aromatic rings. The molecule has 23 heavy (non-hydrogen) atoms. The van der Waals surface area contributed by atoms with Gasteiger partial charge in [0.05, 0.1) is 0 Å². The van der Waals surface area contributed by atoms with Crippen molar-refractivity contribution in [1.82, 2.24) is 5.32 Å². The highest BCUT2D eigenvalue weighted by Crippen LogP contribution is 2.27.